The first kappa shape index (κ1) is 9.61. The molecule has 1 saturated carbocycles. The number of rotatable bonds is 2. The molecule has 0 atom stereocenters. The first-order chi connectivity index (χ1) is 6.53. The SMILES string of the molecule is O=[N+]([O-])c1cc(Br)ccc1C1(O)CC1. The Morgan fingerprint density at radius 1 is 1.50 bits per heavy atom. The number of aliphatic hydroxyl groups is 1. The third kappa shape index (κ3) is 1.53. The van der Waals surface area contributed by atoms with E-state index in [2.05, 4.69) is 15.9 Å². The predicted octanol–water partition coefficient (Wildman–Crippen LogP) is 2.34. The van der Waals surface area contributed by atoms with E-state index in [-0.39, 0.29) is 5.69 Å². The maximum absolute atomic E-state index is 10.7. The summed E-state index contributed by atoms with van der Waals surface area (Å²) in [5.41, 5.74) is -0.548. The molecule has 1 aliphatic rings. The van der Waals surface area contributed by atoms with Crippen LogP contribution in [0.5, 0.6) is 0 Å². The van der Waals surface area contributed by atoms with Crippen LogP contribution in [0.2, 0.25) is 0 Å². The molecular weight excluding hydrogens is 250 g/mol. The summed E-state index contributed by atoms with van der Waals surface area (Å²) in [6.45, 7) is 0. The Hall–Kier alpha value is -0.940. The Kier molecular flexibility index (Phi) is 2.08. The molecule has 0 bridgehead atoms. The molecule has 1 aliphatic carbocycles. The fourth-order valence-electron chi connectivity index (χ4n) is 1.44. The molecule has 1 aromatic carbocycles. The second kappa shape index (κ2) is 3.03. The highest BCUT2D eigenvalue weighted by molar-refractivity contribution is 9.10. The fourth-order valence-corrected chi connectivity index (χ4v) is 1.79. The van der Waals surface area contributed by atoms with Crippen molar-refractivity contribution in [1.29, 1.82) is 0 Å². The Morgan fingerprint density at radius 3 is 2.64 bits per heavy atom. The molecular formula is C9H8BrNO3. The number of halogens is 1. The van der Waals surface area contributed by atoms with Gasteiger partial charge >= 0.3 is 0 Å². The van der Waals surface area contributed by atoms with Crippen molar-refractivity contribution >= 4 is 21.6 Å². The van der Waals surface area contributed by atoms with E-state index in [1.165, 1.54) is 6.07 Å². The van der Waals surface area contributed by atoms with Crippen molar-refractivity contribution in [3.8, 4) is 0 Å². The van der Waals surface area contributed by atoms with Crippen LogP contribution in [0.15, 0.2) is 22.7 Å². The quantitative estimate of drug-likeness (QED) is 0.654. The number of hydrogen-bond acceptors (Lipinski definition) is 3. The fraction of sp³-hybridized carbons (Fsp3) is 0.333. The van der Waals surface area contributed by atoms with Crippen LogP contribution in [0.4, 0.5) is 5.69 Å². The van der Waals surface area contributed by atoms with Gasteiger partial charge in [0.1, 0.15) is 0 Å². The van der Waals surface area contributed by atoms with E-state index in [0.29, 0.717) is 22.9 Å². The second-order valence-corrected chi connectivity index (χ2v) is 4.37. The summed E-state index contributed by atoms with van der Waals surface area (Å²) in [5.74, 6) is 0. The third-order valence-electron chi connectivity index (χ3n) is 2.38. The van der Waals surface area contributed by atoms with Crippen LogP contribution >= 0.6 is 15.9 Å². The van der Waals surface area contributed by atoms with Gasteiger partial charge in [-0.2, -0.15) is 0 Å². The van der Waals surface area contributed by atoms with E-state index in [0.717, 1.165) is 0 Å². The second-order valence-electron chi connectivity index (χ2n) is 3.45. The topological polar surface area (TPSA) is 63.4 Å². The smallest absolute Gasteiger partial charge is 0.276 e. The zero-order chi connectivity index (χ0) is 10.3. The lowest BCUT2D eigenvalue weighted by Gasteiger charge is -2.08. The van der Waals surface area contributed by atoms with Gasteiger partial charge in [-0.25, -0.2) is 0 Å². The molecule has 0 aliphatic heterocycles. The van der Waals surface area contributed by atoms with Crippen molar-refractivity contribution in [2.75, 3.05) is 0 Å². The number of nitro groups is 1. The monoisotopic (exact) mass is 257 g/mol. The molecule has 0 saturated heterocycles. The zero-order valence-corrected chi connectivity index (χ0v) is 8.82. The summed E-state index contributed by atoms with van der Waals surface area (Å²) in [6.07, 6.45) is 1.21. The van der Waals surface area contributed by atoms with Crippen LogP contribution in [0.3, 0.4) is 0 Å². The Bertz CT molecular complexity index is 401. The highest BCUT2D eigenvalue weighted by Gasteiger charge is 2.46. The van der Waals surface area contributed by atoms with Crippen LogP contribution < -0.4 is 0 Å². The lowest BCUT2D eigenvalue weighted by atomic mass is 10.1. The summed E-state index contributed by atoms with van der Waals surface area (Å²) in [6, 6.07) is 4.74. The molecule has 0 spiro atoms. The van der Waals surface area contributed by atoms with Crippen molar-refractivity contribution in [2.24, 2.45) is 0 Å². The number of nitrogens with zero attached hydrogens (tertiary/aromatic N) is 1. The van der Waals surface area contributed by atoms with Gasteiger partial charge in [-0.05, 0) is 25.0 Å². The van der Waals surface area contributed by atoms with Gasteiger partial charge in [0, 0.05) is 10.5 Å². The van der Waals surface area contributed by atoms with Crippen LogP contribution in [0.25, 0.3) is 0 Å². The van der Waals surface area contributed by atoms with Gasteiger partial charge in [0.05, 0.1) is 16.1 Å². The van der Waals surface area contributed by atoms with E-state index in [1.54, 1.807) is 12.1 Å². The van der Waals surface area contributed by atoms with E-state index in [1.807, 2.05) is 0 Å². The van der Waals surface area contributed by atoms with Crippen molar-refractivity contribution < 1.29 is 10.0 Å². The Morgan fingerprint density at radius 2 is 2.14 bits per heavy atom. The molecule has 0 heterocycles. The molecule has 1 N–H and O–H groups in total. The van der Waals surface area contributed by atoms with Gasteiger partial charge in [0.25, 0.3) is 5.69 Å². The largest absolute Gasteiger partial charge is 0.385 e. The molecule has 1 aromatic rings. The van der Waals surface area contributed by atoms with Gasteiger partial charge in [0.2, 0.25) is 0 Å². The molecule has 0 aromatic heterocycles. The zero-order valence-electron chi connectivity index (χ0n) is 7.24. The van der Waals surface area contributed by atoms with E-state index < -0.39 is 10.5 Å². The van der Waals surface area contributed by atoms with Gasteiger partial charge in [0.15, 0.2) is 0 Å². The predicted molar refractivity (Wildman–Crippen MR) is 53.9 cm³/mol. The molecule has 5 heteroatoms. The highest BCUT2D eigenvalue weighted by Crippen LogP contribution is 2.48. The average molecular weight is 258 g/mol. The minimum atomic E-state index is -0.955. The lowest BCUT2D eigenvalue weighted by Crippen LogP contribution is -2.07. The number of benzene rings is 1. The van der Waals surface area contributed by atoms with Crippen molar-refractivity contribution in [1.82, 2.24) is 0 Å². The van der Waals surface area contributed by atoms with Gasteiger partial charge in [-0.1, -0.05) is 15.9 Å². The number of hydrogen-bond donors (Lipinski definition) is 1. The molecule has 0 amide bonds. The molecule has 4 nitrogen and oxygen atoms in total. The molecule has 2 rings (SSSR count). The molecule has 74 valence electrons. The summed E-state index contributed by atoms with van der Waals surface area (Å²) in [4.78, 5) is 10.3. The molecule has 0 radical (unpaired) electrons. The van der Waals surface area contributed by atoms with Gasteiger partial charge in [-0.15, -0.1) is 0 Å². The average Bonchev–Trinajstić information content (AvgIpc) is 2.84. The van der Waals surface area contributed by atoms with Crippen LogP contribution in [0, 0.1) is 10.1 Å². The normalized spacial score (nSPS) is 17.9. The first-order valence-corrected chi connectivity index (χ1v) is 4.99. The molecule has 1 fully saturated rings. The maximum atomic E-state index is 10.7. The first-order valence-electron chi connectivity index (χ1n) is 4.20. The Labute approximate surface area is 88.8 Å². The maximum Gasteiger partial charge on any atom is 0.276 e. The minimum Gasteiger partial charge on any atom is -0.385 e. The minimum absolute atomic E-state index is 0.0145. The standard InChI is InChI=1S/C9H8BrNO3/c10-6-1-2-7(9(12)3-4-9)8(5-6)11(13)14/h1-2,5,12H,3-4H2. The van der Waals surface area contributed by atoms with Crippen molar-refractivity contribution in [3.05, 3.63) is 38.3 Å². The Balaban J connectivity index is 2.54. The summed E-state index contributed by atoms with van der Waals surface area (Å²) >= 11 is 3.17. The van der Waals surface area contributed by atoms with Crippen LogP contribution in [0.1, 0.15) is 18.4 Å². The van der Waals surface area contributed by atoms with E-state index in [9.17, 15) is 15.2 Å². The van der Waals surface area contributed by atoms with Crippen molar-refractivity contribution in [3.63, 3.8) is 0 Å². The highest BCUT2D eigenvalue weighted by atomic mass is 79.9. The lowest BCUT2D eigenvalue weighted by molar-refractivity contribution is -0.386. The van der Waals surface area contributed by atoms with E-state index >= 15 is 0 Å². The molecule has 14 heavy (non-hydrogen) atoms. The van der Waals surface area contributed by atoms with Crippen molar-refractivity contribution in [2.45, 2.75) is 18.4 Å². The van der Waals surface area contributed by atoms with Crippen LogP contribution in [-0.4, -0.2) is 10.0 Å². The van der Waals surface area contributed by atoms with Crippen LogP contribution in [-0.2, 0) is 5.60 Å². The summed E-state index contributed by atoms with van der Waals surface area (Å²) in [5, 5.41) is 20.5. The summed E-state index contributed by atoms with van der Waals surface area (Å²) in [7, 11) is 0. The molecule has 0 unspecified atom stereocenters. The summed E-state index contributed by atoms with van der Waals surface area (Å²) < 4.78 is 0.650. The van der Waals surface area contributed by atoms with Gasteiger partial charge < -0.3 is 5.11 Å². The third-order valence-corrected chi connectivity index (χ3v) is 2.87. The number of nitro benzene ring substituents is 1. The van der Waals surface area contributed by atoms with E-state index in [4.69, 9.17) is 0 Å². The van der Waals surface area contributed by atoms with Gasteiger partial charge in [-0.3, -0.25) is 10.1 Å².